The molecule has 104 valence electrons. The van der Waals surface area contributed by atoms with Crippen LogP contribution in [-0.4, -0.2) is 24.6 Å². The normalized spacial score (nSPS) is 19.1. The Morgan fingerprint density at radius 1 is 1.47 bits per heavy atom. The van der Waals surface area contributed by atoms with Crippen LogP contribution in [0.4, 0.5) is 11.4 Å². The summed E-state index contributed by atoms with van der Waals surface area (Å²) in [5.41, 5.74) is 1.91. The van der Waals surface area contributed by atoms with Crippen molar-refractivity contribution in [1.82, 2.24) is 5.32 Å². The van der Waals surface area contributed by atoms with Crippen molar-refractivity contribution in [1.29, 1.82) is 0 Å². The minimum atomic E-state index is -0.344. The van der Waals surface area contributed by atoms with Gasteiger partial charge in [-0.2, -0.15) is 0 Å². The monoisotopic (exact) mass is 263 g/mol. The third-order valence-corrected chi connectivity index (χ3v) is 3.55. The Labute approximate surface area is 113 Å². The minimum Gasteiger partial charge on any atom is -0.385 e. The van der Waals surface area contributed by atoms with Crippen LogP contribution in [0, 0.1) is 23.0 Å². The minimum absolute atomic E-state index is 0.154. The van der Waals surface area contributed by atoms with Gasteiger partial charge in [0.1, 0.15) is 0 Å². The van der Waals surface area contributed by atoms with E-state index in [4.69, 9.17) is 0 Å². The molecule has 0 spiro atoms. The van der Waals surface area contributed by atoms with Gasteiger partial charge in [0.25, 0.3) is 5.69 Å². The van der Waals surface area contributed by atoms with Crippen molar-refractivity contribution in [3.8, 4) is 0 Å². The predicted octanol–water partition coefficient (Wildman–Crippen LogP) is 2.70. The van der Waals surface area contributed by atoms with Gasteiger partial charge in [-0.1, -0.05) is 0 Å². The van der Waals surface area contributed by atoms with Crippen LogP contribution in [0.2, 0.25) is 0 Å². The average Bonchev–Trinajstić information content (AvgIpc) is 2.39. The molecule has 1 aromatic carbocycles. The molecule has 5 nitrogen and oxygen atoms in total. The second-order valence-corrected chi connectivity index (χ2v) is 5.24. The number of non-ortho nitro benzene ring substituents is 1. The van der Waals surface area contributed by atoms with E-state index in [0.29, 0.717) is 0 Å². The van der Waals surface area contributed by atoms with Gasteiger partial charge >= 0.3 is 0 Å². The van der Waals surface area contributed by atoms with Gasteiger partial charge in [-0.25, -0.2) is 0 Å². The van der Waals surface area contributed by atoms with Crippen molar-refractivity contribution in [2.75, 3.05) is 25.0 Å². The number of nitro benzene ring substituents is 1. The molecule has 1 aromatic rings. The molecule has 0 bridgehead atoms. The Morgan fingerprint density at radius 2 is 2.32 bits per heavy atom. The van der Waals surface area contributed by atoms with Crippen molar-refractivity contribution in [3.05, 3.63) is 33.9 Å². The van der Waals surface area contributed by atoms with E-state index >= 15 is 0 Å². The first-order valence-electron chi connectivity index (χ1n) is 6.86. The van der Waals surface area contributed by atoms with E-state index in [1.807, 2.05) is 13.0 Å². The lowest BCUT2D eigenvalue weighted by Gasteiger charge is -2.22. The van der Waals surface area contributed by atoms with E-state index in [9.17, 15) is 10.1 Å². The first-order valence-corrected chi connectivity index (χ1v) is 6.86. The summed E-state index contributed by atoms with van der Waals surface area (Å²) in [6.45, 7) is 4.97. The fraction of sp³-hybridized carbons (Fsp3) is 0.571. The fourth-order valence-electron chi connectivity index (χ4n) is 2.56. The topological polar surface area (TPSA) is 67.2 Å². The maximum absolute atomic E-state index is 10.8. The number of aryl methyl sites for hydroxylation is 1. The number of benzene rings is 1. The Kier molecular flexibility index (Phi) is 4.74. The van der Waals surface area contributed by atoms with Gasteiger partial charge in [0.2, 0.25) is 0 Å². The summed E-state index contributed by atoms with van der Waals surface area (Å²) in [7, 11) is 0. The van der Waals surface area contributed by atoms with Gasteiger partial charge in [0.05, 0.1) is 4.92 Å². The summed E-state index contributed by atoms with van der Waals surface area (Å²) < 4.78 is 0. The van der Waals surface area contributed by atoms with E-state index in [1.54, 1.807) is 12.1 Å². The molecule has 0 saturated carbocycles. The SMILES string of the molecule is Cc1cc(NCCC2CCCNC2)cc([N+](=O)[O-])c1. The predicted molar refractivity (Wildman–Crippen MR) is 76.5 cm³/mol. The molecule has 0 radical (unpaired) electrons. The first-order chi connectivity index (χ1) is 9.15. The summed E-state index contributed by atoms with van der Waals surface area (Å²) in [6, 6.07) is 5.15. The maximum atomic E-state index is 10.8. The smallest absolute Gasteiger partial charge is 0.271 e. The zero-order valence-corrected chi connectivity index (χ0v) is 11.3. The number of anilines is 1. The molecule has 2 rings (SSSR count). The number of hydrogen-bond donors (Lipinski definition) is 2. The summed E-state index contributed by atoms with van der Waals surface area (Å²) >= 11 is 0. The number of nitrogens with one attached hydrogen (secondary N) is 2. The van der Waals surface area contributed by atoms with Crippen LogP contribution in [0.3, 0.4) is 0 Å². The van der Waals surface area contributed by atoms with Crippen molar-refractivity contribution < 1.29 is 4.92 Å². The molecule has 1 unspecified atom stereocenters. The molecule has 1 aliphatic rings. The average molecular weight is 263 g/mol. The lowest BCUT2D eigenvalue weighted by Crippen LogP contribution is -2.30. The maximum Gasteiger partial charge on any atom is 0.271 e. The van der Waals surface area contributed by atoms with E-state index < -0.39 is 0 Å². The Hall–Kier alpha value is -1.62. The molecule has 5 heteroatoms. The quantitative estimate of drug-likeness (QED) is 0.633. The second-order valence-electron chi connectivity index (χ2n) is 5.24. The summed E-state index contributed by atoms with van der Waals surface area (Å²) in [5, 5.41) is 17.5. The van der Waals surface area contributed by atoms with Crippen LogP contribution in [0.25, 0.3) is 0 Å². The second kappa shape index (κ2) is 6.52. The fourth-order valence-corrected chi connectivity index (χ4v) is 2.56. The largest absolute Gasteiger partial charge is 0.385 e. The number of nitro groups is 1. The highest BCUT2D eigenvalue weighted by Crippen LogP contribution is 2.21. The molecule has 1 fully saturated rings. The zero-order valence-electron chi connectivity index (χ0n) is 11.3. The Balaban J connectivity index is 1.86. The summed E-state index contributed by atoms with van der Waals surface area (Å²) in [5.74, 6) is 0.723. The lowest BCUT2D eigenvalue weighted by atomic mass is 9.96. The van der Waals surface area contributed by atoms with Gasteiger partial charge in [-0.3, -0.25) is 10.1 Å². The molecular formula is C14H21N3O2. The van der Waals surface area contributed by atoms with Gasteiger partial charge in [0.15, 0.2) is 0 Å². The first kappa shape index (κ1) is 13.8. The van der Waals surface area contributed by atoms with E-state index in [0.717, 1.165) is 43.2 Å². The lowest BCUT2D eigenvalue weighted by molar-refractivity contribution is -0.384. The molecule has 0 aromatic heterocycles. The van der Waals surface area contributed by atoms with Crippen LogP contribution in [-0.2, 0) is 0 Å². The molecule has 0 amide bonds. The van der Waals surface area contributed by atoms with Crippen molar-refractivity contribution >= 4 is 11.4 Å². The van der Waals surface area contributed by atoms with Gasteiger partial charge < -0.3 is 10.6 Å². The van der Waals surface area contributed by atoms with Crippen molar-refractivity contribution in [2.24, 2.45) is 5.92 Å². The van der Waals surface area contributed by atoms with E-state index in [2.05, 4.69) is 10.6 Å². The van der Waals surface area contributed by atoms with Crippen LogP contribution >= 0.6 is 0 Å². The number of piperidine rings is 1. The molecule has 19 heavy (non-hydrogen) atoms. The third kappa shape index (κ3) is 4.21. The zero-order chi connectivity index (χ0) is 13.7. The third-order valence-electron chi connectivity index (χ3n) is 3.55. The molecule has 0 aliphatic carbocycles. The highest BCUT2D eigenvalue weighted by atomic mass is 16.6. The standard InChI is InChI=1S/C14H21N3O2/c1-11-7-13(9-14(8-11)17(18)19)16-6-4-12-3-2-5-15-10-12/h7-9,12,15-16H,2-6,10H2,1H3. The summed E-state index contributed by atoms with van der Waals surface area (Å²) in [6.07, 6.45) is 3.64. The van der Waals surface area contributed by atoms with Crippen LogP contribution in [0.5, 0.6) is 0 Å². The van der Waals surface area contributed by atoms with E-state index in [-0.39, 0.29) is 10.6 Å². The highest BCUT2D eigenvalue weighted by Gasteiger charge is 2.12. The highest BCUT2D eigenvalue weighted by molar-refractivity contribution is 5.53. The Bertz CT molecular complexity index is 442. The van der Waals surface area contributed by atoms with Crippen molar-refractivity contribution in [2.45, 2.75) is 26.2 Å². The van der Waals surface area contributed by atoms with E-state index in [1.165, 1.54) is 12.8 Å². The van der Waals surface area contributed by atoms with Crippen LogP contribution in [0.1, 0.15) is 24.8 Å². The molecular weight excluding hydrogens is 242 g/mol. The summed E-state index contributed by atoms with van der Waals surface area (Å²) in [4.78, 5) is 10.5. The molecule has 1 atom stereocenters. The van der Waals surface area contributed by atoms with Crippen LogP contribution < -0.4 is 10.6 Å². The van der Waals surface area contributed by atoms with Gasteiger partial charge in [0, 0.05) is 24.4 Å². The number of rotatable bonds is 5. The number of nitrogens with zero attached hydrogens (tertiary/aromatic N) is 1. The van der Waals surface area contributed by atoms with Crippen LogP contribution in [0.15, 0.2) is 18.2 Å². The van der Waals surface area contributed by atoms with Gasteiger partial charge in [-0.05, 0) is 56.8 Å². The molecule has 2 N–H and O–H groups in total. The molecule has 1 aliphatic heterocycles. The molecule has 1 heterocycles. The Morgan fingerprint density at radius 3 is 3.00 bits per heavy atom. The van der Waals surface area contributed by atoms with Crippen molar-refractivity contribution in [3.63, 3.8) is 0 Å². The molecule has 1 saturated heterocycles. The van der Waals surface area contributed by atoms with Gasteiger partial charge in [-0.15, -0.1) is 0 Å². The number of hydrogen-bond acceptors (Lipinski definition) is 4.